The molecule has 1 rings (SSSR count). The third-order valence-corrected chi connectivity index (χ3v) is 2.30. The summed E-state index contributed by atoms with van der Waals surface area (Å²) in [4.78, 5) is 0. The Balaban J connectivity index is 2.30. The lowest BCUT2D eigenvalue weighted by Gasteiger charge is -2.29. The standard InChI is InChI=1S/C9H16FN/c1-2-3-4-9(10)5-7-11-8-6-9/h2,11H,1,3-8H2. The molecule has 1 saturated heterocycles. The number of alkyl halides is 1. The molecule has 0 unspecified atom stereocenters. The lowest BCUT2D eigenvalue weighted by Crippen LogP contribution is -2.38. The van der Waals surface area contributed by atoms with Crippen LogP contribution in [0.15, 0.2) is 12.7 Å². The molecule has 0 atom stereocenters. The molecule has 0 aromatic rings. The zero-order chi connectivity index (χ0) is 8.16. The van der Waals surface area contributed by atoms with E-state index in [9.17, 15) is 4.39 Å². The quantitative estimate of drug-likeness (QED) is 0.618. The molecule has 0 saturated carbocycles. The molecule has 1 aliphatic rings. The second-order valence-corrected chi connectivity index (χ2v) is 3.23. The van der Waals surface area contributed by atoms with E-state index < -0.39 is 5.67 Å². The van der Waals surface area contributed by atoms with Gasteiger partial charge in [0.1, 0.15) is 5.67 Å². The highest BCUT2D eigenvalue weighted by Gasteiger charge is 2.30. The molecule has 0 aromatic heterocycles. The van der Waals surface area contributed by atoms with E-state index in [1.165, 1.54) is 0 Å². The lowest BCUT2D eigenvalue weighted by molar-refractivity contribution is 0.106. The fourth-order valence-corrected chi connectivity index (χ4v) is 1.49. The van der Waals surface area contributed by atoms with Gasteiger partial charge < -0.3 is 5.32 Å². The van der Waals surface area contributed by atoms with Gasteiger partial charge in [0, 0.05) is 0 Å². The molecule has 1 fully saturated rings. The minimum Gasteiger partial charge on any atom is -0.316 e. The van der Waals surface area contributed by atoms with Gasteiger partial charge in [0.25, 0.3) is 0 Å². The SMILES string of the molecule is C=CCCC1(F)CCNCC1. The predicted molar refractivity (Wildman–Crippen MR) is 45.4 cm³/mol. The third-order valence-electron chi connectivity index (χ3n) is 2.30. The fourth-order valence-electron chi connectivity index (χ4n) is 1.49. The van der Waals surface area contributed by atoms with E-state index in [1.807, 2.05) is 0 Å². The predicted octanol–water partition coefficient (Wildman–Crippen LogP) is 2.04. The van der Waals surface area contributed by atoms with Gasteiger partial charge in [0.05, 0.1) is 0 Å². The van der Waals surface area contributed by atoms with Crippen LogP contribution in [0.2, 0.25) is 0 Å². The summed E-state index contributed by atoms with van der Waals surface area (Å²) in [5.74, 6) is 0. The van der Waals surface area contributed by atoms with Crippen molar-refractivity contribution in [3.8, 4) is 0 Å². The fraction of sp³-hybridized carbons (Fsp3) is 0.778. The monoisotopic (exact) mass is 157 g/mol. The van der Waals surface area contributed by atoms with Crippen LogP contribution in [0, 0.1) is 0 Å². The van der Waals surface area contributed by atoms with Crippen molar-refractivity contribution in [3.05, 3.63) is 12.7 Å². The van der Waals surface area contributed by atoms with Gasteiger partial charge in [-0.25, -0.2) is 4.39 Å². The molecule has 0 spiro atoms. The Morgan fingerprint density at radius 3 is 2.64 bits per heavy atom. The molecular weight excluding hydrogens is 141 g/mol. The average Bonchev–Trinajstić information content (AvgIpc) is 2.03. The first-order chi connectivity index (χ1) is 5.27. The molecule has 0 bridgehead atoms. The number of halogens is 1. The topological polar surface area (TPSA) is 12.0 Å². The van der Waals surface area contributed by atoms with E-state index >= 15 is 0 Å². The van der Waals surface area contributed by atoms with E-state index in [-0.39, 0.29) is 0 Å². The zero-order valence-corrected chi connectivity index (χ0v) is 6.91. The second-order valence-electron chi connectivity index (χ2n) is 3.23. The lowest BCUT2D eigenvalue weighted by atomic mass is 9.90. The minimum absolute atomic E-state index is 0.651. The molecule has 1 aliphatic heterocycles. The summed E-state index contributed by atoms with van der Waals surface area (Å²) in [7, 11) is 0. The summed E-state index contributed by atoms with van der Waals surface area (Å²) in [6.45, 7) is 5.25. The molecule has 1 nitrogen and oxygen atoms in total. The van der Waals surface area contributed by atoms with Crippen LogP contribution in [0.25, 0.3) is 0 Å². The molecule has 1 heterocycles. The van der Waals surface area contributed by atoms with Gasteiger partial charge in [-0.3, -0.25) is 0 Å². The van der Waals surface area contributed by atoms with Crippen LogP contribution >= 0.6 is 0 Å². The second kappa shape index (κ2) is 3.86. The Bertz CT molecular complexity index is 128. The number of piperidine rings is 1. The van der Waals surface area contributed by atoms with Crippen molar-refractivity contribution >= 4 is 0 Å². The summed E-state index contributed by atoms with van der Waals surface area (Å²) in [5.41, 5.74) is -0.903. The van der Waals surface area contributed by atoms with Crippen molar-refractivity contribution in [2.24, 2.45) is 0 Å². The Morgan fingerprint density at radius 2 is 2.09 bits per heavy atom. The first-order valence-electron chi connectivity index (χ1n) is 4.27. The largest absolute Gasteiger partial charge is 0.316 e. The molecule has 0 aromatic carbocycles. The molecule has 0 amide bonds. The van der Waals surface area contributed by atoms with Gasteiger partial charge in [-0.15, -0.1) is 6.58 Å². The van der Waals surface area contributed by atoms with Gasteiger partial charge in [0.2, 0.25) is 0 Å². The summed E-state index contributed by atoms with van der Waals surface area (Å²) in [5, 5.41) is 3.15. The molecule has 0 radical (unpaired) electrons. The van der Waals surface area contributed by atoms with Crippen molar-refractivity contribution in [1.29, 1.82) is 0 Å². The van der Waals surface area contributed by atoms with Gasteiger partial charge in [-0.05, 0) is 38.8 Å². The Labute approximate surface area is 67.7 Å². The first-order valence-corrected chi connectivity index (χ1v) is 4.27. The average molecular weight is 157 g/mol. The first kappa shape index (κ1) is 8.72. The Kier molecular flexibility index (Phi) is 3.06. The normalized spacial score (nSPS) is 23.0. The highest BCUT2D eigenvalue weighted by atomic mass is 19.1. The van der Waals surface area contributed by atoms with Crippen LogP contribution in [0.5, 0.6) is 0 Å². The van der Waals surface area contributed by atoms with Crippen LogP contribution in [-0.2, 0) is 0 Å². The van der Waals surface area contributed by atoms with Crippen LogP contribution in [0.4, 0.5) is 4.39 Å². The van der Waals surface area contributed by atoms with Crippen LogP contribution < -0.4 is 5.32 Å². The van der Waals surface area contributed by atoms with Crippen molar-refractivity contribution in [2.75, 3.05) is 13.1 Å². The zero-order valence-electron chi connectivity index (χ0n) is 6.91. The molecule has 0 aliphatic carbocycles. The van der Waals surface area contributed by atoms with Crippen LogP contribution in [0.1, 0.15) is 25.7 Å². The Morgan fingerprint density at radius 1 is 1.45 bits per heavy atom. The van der Waals surface area contributed by atoms with Gasteiger partial charge >= 0.3 is 0 Å². The smallest absolute Gasteiger partial charge is 0.113 e. The highest BCUT2D eigenvalue weighted by molar-refractivity contribution is 4.86. The Hall–Kier alpha value is -0.370. The summed E-state index contributed by atoms with van der Waals surface area (Å²) in [6.07, 6.45) is 4.58. The maximum absolute atomic E-state index is 13.7. The summed E-state index contributed by atoms with van der Waals surface area (Å²) >= 11 is 0. The van der Waals surface area contributed by atoms with Gasteiger partial charge in [0.15, 0.2) is 0 Å². The van der Waals surface area contributed by atoms with Crippen molar-refractivity contribution in [3.63, 3.8) is 0 Å². The number of hydrogen-bond donors (Lipinski definition) is 1. The van der Waals surface area contributed by atoms with E-state index in [1.54, 1.807) is 6.08 Å². The molecule has 2 heteroatoms. The van der Waals surface area contributed by atoms with E-state index in [2.05, 4.69) is 11.9 Å². The van der Waals surface area contributed by atoms with Gasteiger partial charge in [-0.1, -0.05) is 6.08 Å². The van der Waals surface area contributed by atoms with Crippen molar-refractivity contribution < 1.29 is 4.39 Å². The summed E-state index contributed by atoms with van der Waals surface area (Å²) < 4.78 is 13.7. The van der Waals surface area contributed by atoms with Crippen LogP contribution in [0.3, 0.4) is 0 Å². The van der Waals surface area contributed by atoms with Crippen molar-refractivity contribution in [1.82, 2.24) is 5.32 Å². The maximum atomic E-state index is 13.7. The van der Waals surface area contributed by atoms with Crippen LogP contribution in [-0.4, -0.2) is 18.8 Å². The molecule has 64 valence electrons. The number of allylic oxidation sites excluding steroid dienone is 1. The molecule has 11 heavy (non-hydrogen) atoms. The highest BCUT2D eigenvalue weighted by Crippen LogP contribution is 2.28. The maximum Gasteiger partial charge on any atom is 0.113 e. The summed E-state index contributed by atoms with van der Waals surface area (Å²) in [6, 6.07) is 0. The van der Waals surface area contributed by atoms with E-state index in [0.29, 0.717) is 19.3 Å². The number of nitrogens with one attached hydrogen (secondary N) is 1. The number of hydrogen-bond acceptors (Lipinski definition) is 1. The number of rotatable bonds is 3. The van der Waals surface area contributed by atoms with E-state index in [4.69, 9.17) is 0 Å². The van der Waals surface area contributed by atoms with E-state index in [0.717, 1.165) is 19.5 Å². The van der Waals surface area contributed by atoms with Crippen molar-refractivity contribution in [2.45, 2.75) is 31.4 Å². The minimum atomic E-state index is -0.903. The molecule has 1 N–H and O–H groups in total. The third kappa shape index (κ3) is 2.62. The van der Waals surface area contributed by atoms with Gasteiger partial charge in [-0.2, -0.15) is 0 Å². The molecular formula is C9H16FN.